The van der Waals surface area contributed by atoms with E-state index in [-0.39, 0.29) is 47.6 Å². The van der Waals surface area contributed by atoms with E-state index in [0.29, 0.717) is 26.1 Å². The van der Waals surface area contributed by atoms with Gasteiger partial charge in [-0.25, -0.2) is 9.78 Å². The van der Waals surface area contributed by atoms with Gasteiger partial charge in [-0.05, 0) is 123 Å². The quantitative estimate of drug-likeness (QED) is 0.161. The number of nitrogens with zero attached hydrogens (tertiary/aromatic N) is 3. The third-order valence-corrected chi connectivity index (χ3v) is 12.3. The first-order valence-electron chi connectivity index (χ1n) is 20.6. The number of carbonyl (C=O) groups is 3. The van der Waals surface area contributed by atoms with Crippen LogP contribution in [0.2, 0.25) is 0 Å². The smallest absolute Gasteiger partial charge is 0.407 e. The molecule has 1 saturated carbocycles. The van der Waals surface area contributed by atoms with Crippen LogP contribution in [0.25, 0.3) is 33.2 Å². The lowest BCUT2D eigenvalue weighted by Gasteiger charge is -2.33. The first kappa shape index (κ1) is 39.6. The van der Waals surface area contributed by atoms with Crippen molar-refractivity contribution in [2.45, 2.75) is 110 Å². The zero-order valence-electron chi connectivity index (χ0n) is 34.8. The van der Waals surface area contributed by atoms with Crippen LogP contribution >= 0.6 is 0 Å². The second kappa shape index (κ2) is 15.5. The number of methoxy groups -OCH3 is 2. The molecule has 4 heterocycles. The maximum atomic E-state index is 14.0. The molecule has 0 radical (unpaired) electrons. The Bertz CT molecular complexity index is 2290. The van der Waals surface area contributed by atoms with E-state index in [1.165, 1.54) is 7.11 Å². The number of amides is 2. The maximum Gasteiger partial charge on any atom is 0.407 e. The van der Waals surface area contributed by atoms with Crippen molar-refractivity contribution in [3.05, 3.63) is 65.6 Å². The lowest BCUT2D eigenvalue weighted by Crippen LogP contribution is -2.55. The molecule has 1 aromatic heterocycles. The van der Waals surface area contributed by atoms with Crippen molar-refractivity contribution in [3.8, 4) is 28.1 Å². The molecule has 0 spiro atoms. The molecule has 2 amide bonds. The Morgan fingerprint density at radius 1 is 1.03 bits per heavy atom. The molecule has 2 N–H and O–H groups in total. The summed E-state index contributed by atoms with van der Waals surface area (Å²) in [6.45, 7) is 12.7. The molecule has 4 aromatic rings. The number of aliphatic imine (C=N–C) groups is 1. The molecule has 6 atom stereocenters. The summed E-state index contributed by atoms with van der Waals surface area (Å²) in [5.74, 6) is 1.13. The van der Waals surface area contributed by atoms with Crippen molar-refractivity contribution in [1.29, 1.82) is 0 Å². The fraction of sp³-hybridized carbons (Fsp3) is 0.500. The average Bonchev–Trinajstić information content (AvgIpc) is 4.00. The SMILES string of the molecule is COC[C@@H]1CC(C(=O)OC(C)(C)C)[C@H](c2ncc(-c3ccc4c(c3)COc3cc5c6c(ccc5cc3-4)N=C([C@@H]3CC[C@H](C)N3C(=O)[C@@H](NC(=O)OC)C(C)C)C6)[nH]2)C1. The highest BCUT2D eigenvalue weighted by molar-refractivity contribution is 6.06. The van der Waals surface area contributed by atoms with Gasteiger partial charge in [-0.1, -0.05) is 32.0 Å². The number of ether oxygens (including phenoxy) is 4. The van der Waals surface area contributed by atoms with Crippen molar-refractivity contribution >= 4 is 40.1 Å². The van der Waals surface area contributed by atoms with Crippen molar-refractivity contribution in [2.24, 2.45) is 22.7 Å². The number of fused-ring (bicyclic) bond motifs is 6. The summed E-state index contributed by atoms with van der Waals surface area (Å²) >= 11 is 0. The van der Waals surface area contributed by atoms with Crippen LogP contribution in [0.5, 0.6) is 5.75 Å². The van der Waals surface area contributed by atoms with Crippen LogP contribution in [0.1, 0.15) is 90.1 Å². The molecule has 1 unspecified atom stereocenters. The highest BCUT2D eigenvalue weighted by Gasteiger charge is 2.44. The fourth-order valence-corrected chi connectivity index (χ4v) is 9.56. The number of H-pyrrole nitrogens is 1. The van der Waals surface area contributed by atoms with Crippen LogP contribution in [0.4, 0.5) is 10.5 Å². The number of nitrogens with one attached hydrogen (secondary N) is 2. The first-order chi connectivity index (χ1) is 27.7. The molecule has 4 aliphatic rings. The van der Waals surface area contributed by atoms with Crippen molar-refractivity contribution in [3.63, 3.8) is 0 Å². The predicted molar refractivity (Wildman–Crippen MR) is 222 cm³/mol. The Morgan fingerprint density at radius 2 is 1.84 bits per heavy atom. The minimum absolute atomic E-state index is 0.0235. The highest BCUT2D eigenvalue weighted by atomic mass is 16.6. The molecule has 306 valence electrons. The Hall–Kier alpha value is -5.23. The van der Waals surface area contributed by atoms with E-state index in [1.54, 1.807) is 7.11 Å². The number of benzene rings is 3. The van der Waals surface area contributed by atoms with Crippen molar-refractivity contribution in [1.82, 2.24) is 20.2 Å². The second-order valence-electron chi connectivity index (χ2n) is 17.8. The summed E-state index contributed by atoms with van der Waals surface area (Å²) in [5.41, 5.74) is 7.62. The summed E-state index contributed by atoms with van der Waals surface area (Å²) in [7, 11) is 3.01. The molecule has 3 aromatic carbocycles. The molecular weight excluding hydrogens is 735 g/mol. The van der Waals surface area contributed by atoms with Gasteiger partial charge in [0.05, 0.1) is 36.6 Å². The van der Waals surface area contributed by atoms with Crippen molar-refractivity contribution < 1.29 is 33.3 Å². The molecule has 12 nitrogen and oxygen atoms in total. The fourth-order valence-electron chi connectivity index (χ4n) is 9.56. The molecule has 1 saturated heterocycles. The number of aromatic nitrogens is 2. The molecular formula is C46H55N5O7. The van der Waals surface area contributed by atoms with Gasteiger partial charge in [0.1, 0.15) is 29.8 Å². The number of likely N-dealkylation sites (tertiary alicyclic amines) is 1. The van der Waals surface area contributed by atoms with Crippen LogP contribution in [-0.2, 0) is 36.8 Å². The van der Waals surface area contributed by atoms with Crippen LogP contribution in [0.15, 0.2) is 53.7 Å². The van der Waals surface area contributed by atoms with E-state index in [9.17, 15) is 14.4 Å². The van der Waals surface area contributed by atoms with Gasteiger partial charge in [0, 0.05) is 43.4 Å². The predicted octanol–water partition coefficient (Wildman–Crippen LogP) is 8.28. The number of esters is 1. The van der Waals surface area contributed by atoms with Crippen LogP contribution < -0.4 is 10.1 Å². The van der Waals surface area contributed by atoms with Gasteiger partial charge < -0.3 is 34.1 Å². The summed E-state index contributed by atoms with van der Waals surface area (Å²) < 4.78 is 22.6. The summed E-state index contributed by atoms with van der Waals surface area (Å²) in [6, 6.07) is 14.2. The van der Waals surface area contributed by atoms with E-state index in [0.717, 1.165) is 86.5 Å². The maximum absolute atomic E-state index is 14.0. The number of hydrogen-bond donors (Lipinski definition) is 2. The van der Waals surface area contributed by atoms with E-state index < -0.39 is 17.7 Å². The van der Waals surface area contributed by atoms with Gasteiger partial charge in [0.25, 0.3) is 0 Å². The number of imidazole rings is 1. The Balaban J connectivity index is 1.02. The lowest BCUT2D eigenvalue weighted by molar-refractivity contribution is -0.160. The summed E-state index contributed by atoms with van der Waals surface area (Å²) in [5, 5.41) is 4.96. The van der Waals surface area contributed by atoms with E-state index in [2.05, 4.69) is 59.7 Å². The van der Waals surface area contributed by atoms with Crippen LogP contribution in [0.3, 0.4) is 0 Å². The standard InChI is InChI=1S/C46H55N5O7/c1-24(2)41(50-45(54)56-8)43(52)51-25(3)9-14-39(51)37-19-32-31-20-40-33(18-27(31)11-13-36(32)48-37)30-12-10-28(17-29(30)23-57-40)38-21-47-42(49-38)34-15-26(22-55-7)16-35(34)44(53)58-46(4,5)6/h10-13,17-18,20-21,24-26,34-35,39,41H,9,14-16,19,22-23H2,1-8H3,(H,47,49)(H,50,54)/t25-,26-,34+,35?,39-,41-/m0/s1. The summed E-state index contributed by atoms with van der Waals surface area (Å²) in [4.78, 5) is 54.8. The van der Waals surface area contributed by atoms with Gasteiger partial charge >= 0.3 is 12.1 Å². The number of aromatic amines is 1. The summed E-state index contributed by atoms with van der Waals surface area (Å²) in [6.07, 6.45) is 5.08. The minimum Gasteiger partial charge on any atom is -0.488 e. The zero-order chi connectivity index (χ0) is 41.0. The third-order valence-electron chi connectivity index (χ3n) is 12.3. The van der Waals surface area contributed by atoms with Crippen molar-refractivity contribution in [2.75, 3.05) is 20.8 Å². The number of carbonyl (C=O) groups excluding carboxylic acids is 3. The first-order valence-corrected chi connectivity index (χ1v) is 20.6. The molecule has 3 aliphatic heterocycles. The van der Waals surface area contributed by atoms with Gasteiger partial charge in [-0.3, -0.25) is 14.6 Å². The molecule has 12 heteroatoms. The molecule has 58 heavy (non-hydrogen) atoms. The lowest BCUT2D eigenvalue weighted by atomic mass is 9.90. The number of alkyl carbamates (subject to hydrolysis) is 1. The monoisotopic (exact) mass is 789 g/mol. The molecule has 2 fully saturated rings. The van der Waals surface area contributed by atoms with Gasteiger partial charge in [0.15, 0.2) is 0 Å². The van der Waals surface area contributed by atoms with E-state index >= 15 is 0 Å². The largest absolute Gasteiger partial charge is 0.488 e. The third kappa shape index (κ3) is 7.47. The normalized spacial score (nSPS) is 22.9. The molecule has 0 bridgehead atoms. The Kier molecular flexibility index (Phi) is 10.6. The Morgan fingerprint density at radius 3 is 2.59 bits per heavy atom. The van der Waals surface area contributed by atoms with Crippen LogP contribution in [-0.4, -0.2) is 83.1 Å². The number of hydrogen-bond acceptors (Lipinski definition) is 9. The highest BCUT2D eigenvalue weighted by Crippen LogP contribution is 2.46. The minimum atomic E-state index is -0.690. The van der Waals surface area contributed by atoms with Gasteiger partial charge in [-0.15, -0.1) is 0 Å². The van der Waals surface area contributed by atoms with E-state index in [4.69, 9.17) is 28.9 Å². The van der Waals surface area contributed by atoms with Gasteiger partial charge in [0.2, 0.25) is 5.91 Å². The van der Waals surface area contributed by atoms with Gasteiger partial charge in [-0.2, -0.15) is 0 Å². The Labute approximate surface area is 340 Å². The molecule has 8 rings (SSSR count). The second-order valence-corrected chi connectivity index (χ2v) is 17.8. The van der Waals surface area contributed by atoms with Crippen LogP contribution in [0, 0.1) is 17.8 Å². The number of rotatable bonds is 9. The topological polar surface area (TPSA) is 144 Å². The van der Waals surface area contributed by atoms with E-state index in [1.807, 2.05) is 45.7 Å². The average molecular weight is 790 g/mol. The zero-order valence-corrected chi connectivity index (χ0v) is 34.8. The molecule has 1 aliphatic carbocycles.